The van der Waals surface area contributed by atoms with Gasteiger partial charge in [0.05, 0.1) is 28.0 Å². The minimum absolute atomic E-state index is 0.0420. The number of urea groups is 1. The Morgan fingerprint density at radius 2 is 1.67 bits per heavy atom. The summed E-state index contributed by atoms with van der Waals surface area (Å²) in [4.78, 5) is 23.5. The summed E-state index contributed by atoms with van der Waals surface area (Å²) in [7, 11) is 0. The first-order valence-corrected chi connectivity index (χ1v) is 7.73. The van der Waals surface area contributed by atoms with E-state index < -0.39 is 17.8 Å². The van der Waals surface area contributed by atoms with Crippen molar-refractivity contribution in [3.63, 3.8) is 0 Å². The maximum atomic E-state index is 12.9. The lowest BCUT2D eigenvalue weighted by Gasteiger charge is -2.10. The quantitative estimate of drug-likeness (QED) is 0.717. The Balaban J connectivity index is 1.87. The van der Waals surface area contributed by atoms with Gasteiger partial charge in [0.25, 0.3) is 0 Å². The monoisotopic (exact) mass is 389 g/mol. The lowest BCUT2D eigenvalue weighted by molar-refractivity contribution is -0.115. The lowest BCUT2D eigenvalue weighted by atomic mass is 10.3. The van der Waals surface area contributed by atoms with E-state index in [1.54, 1.807) is 6.07 Å². The zero-order valence-corrected chi connectivity index (χ0v) is 14.3. The van der Waals surface area contributed by atoms with Gasteiger partial charge in [-0.25, -0.2) is 9.18 Å². The molecule has 0 saturated carbocycles. The molecule has 0 unspecified atom stereocenters. The topological polar surface area (TPSA) is 70.2 Å². The van der Waals surface area contributed by atoms with Crippen LogP contribution in [0.5, 0.6) is 0 Å². The number of carbonyl (C=O) groups excluding carboxylic acids is 2. The van der Waals surface area contributed by atoms with Gasteiger partial charge in [-0.15, -0.1) is 0 Å². The molecule has 9 heteroatoms. The van der Waals surface area contributed by atoms with Crippen molar-refractivity contribution in [1.29, 1.82) is 0 Å². The number of hydrogen-bond donors (Lipinski definition) is 3. The second kappa shape index (κ2) is 8.19. The zero-order valence-electron chi connectivity index (χ0n) is 12.0. The first kappa shape index (κ1) is 18.3. The van der Waals surface area contributed by atoms with E-state index in [0.29, 0.717) is 15.7 Å². The van der Waals surface area contributed by atoms with Crippen LogP contribution in [0.15, 0.2) is 36.4 Å². The highest BCUT2D eigenvalue weighted by atomic mass is 35.5. The van der Waals surface area contributed by atoms with E-state index in [9.17, 15) is 14.0 Å². The van der Waals surface area contributed by atoms with Crippen LogP contribution in [-0.2, 0) is 4.79 Å². The fourth-order valence-corrected chi connectivity index (χ4v) is 2.26. The Labute approximate surface area is 152 Å². The second-order valence-corrected chi connectivity index (χ2v) is 5.86. The summed E-state index contributed by atoms with van der Waals surface area (Å²) in [6.45, 7) is -0.312. The molecule has 0 heterocycles. The summed E-state index contributed by atoms with van der Waals surface area (Å²) in [5.41, 5.74) is 0.548. The molecule has 2 rings (SSSR count). The van der Waals surface area contributed by atoms with Crippen molar-refractivity contribution < 1.29 is 14.0 Å². The number of hydrogen-bond acceptors (Lipinski definition) is 2. The van der Waals surface area contributed by atoms with Gasteiger partial charge in [-0.05, 0) is 36.4 Å². The smallest absolute Gasteiger partial charge is 0.319 e. The molecule has 0 radical (unpaired) electrons. The zero-order chi connectivity index (χ0) is 17.7. The van der Waals surface area contributed by atoms with Crippen molar-refractivity contribution in [1.82, 2.24) is 5.32 Å². The van der Waals surface area contributed by atoms with E-state index in [2.05, 4.69) is 16.0 Å². The molecule has 24 heavy (non-hydrogen) atoms. The Hall–Kier alpha value is -2.02. The molecule has 0 spiro atoms. The van der Waals surface area contributed by atoms with E-state index in [-0.39, 0.29) is 17.3 Å². The molecular formula is C15H11Cl3FN3O2. The predicted octanol–water partition coefficient (Wildman–Crippen LogP) is 4.55. The third-order valence-electron chi connectivity index (χ3n) is 2.79. The maximum Gasteiger partial charge on any atom is 0.319 e. The van der Waals surface area contributed by atoms with Gasteiger partial charge in [0.1, 0.15) is 5.82 Å². The van der Waals surface area contributed by atoms with E-state index in [4.69, 9.17) is 34.8 Å². The van der Waals surface area contributed by atoms with Gasteiger partial charge >= 0.3 is 6.03 Å². The van der Waals surface area contributed by atoms with Crippen LogP contribution in [0.25, 0.3) is 0 Å². The molecule has 0 saturated heterocycles. The van der Waals surface area contributed by atoms with Crippen molar-refractivity contribution in [2.24, 2.45) is 0 Å². The number of halogens is 4. The number of amides is 3. The van der Waals surface area contributed by atoms with E-state index in [0.717, 1.165) is 12.1 Å². The lowest BCUT2D eigenvalue weighted by Crippen LogP contribution is -2.35. The minimum atomic E-state index is -0.671. The first-order valence-electron chi connectivity index (χ1n) is 6.60. The molecular weight excluding hydrogens is 380 g/mol. The van der Waals surface area contributed by atoms with Crippen LogP contribution in [0, 0.1) is 5.82 Å². The number of anilines is 2. The normalized spacial score (nSPS) is 10.2. The molecule has 2 aromatic carbocycles. The summed E-state index contributed by atoms with van der Waals surface area (Å²) in [6.07, 6.45) is 0. The predicted molar refractivity (Wildman–Crippen MR) is 93.5 cm³/mol. The highest BCUT2D eigenvalue weighted by Crippen LogP contribution is 2.25. The number of rotatable bonds is 4. The van der Waals surface area contributed by atoms with Crippen molar-refractivity contribution in [3.8, 4) is 0 Å². The number of benzene rings is 2. The number of nitrogens with one attached hydrogen (secondary N) is 3. The van der Waals surface area contributed by atoms with Crippen molar-refractivity contribution in [2.45, 2.75) is 0 Å². The molecule has 0 atom stereocenters. The van der Waals surface area contributed by atoms with Gasteiger partial charge in [-0.1, -0.05) is 34.8 Å². The summed E-state index contributed by atoms with van der Waals surface area (Å²) in [5, 5.41) is 8.02. The first-order chi connectivity index (χ1) is 11.3. The molecule has 5 nitrogen and oxygen atoms in total. The molecule has 126 valence electrons. The van der Waals surface area contributed by atoms with E-state index in [1.807, 2.05) is 0 Å². The molecule has 3 amide bonds. The maximum absolute atomic E-state index is 12.9. The summed E-state index contributed by atoms with van der Waals surface area (Å²) in [5.74, 6) is -1.02. The van der Waals surface area contributed by atoms with Gasteiger partial charge in [0.2, 0.25) is 5.91 Å². The summed E-state index contributed by atoms with van der Waals surface area (Å²) >= 11 is 17.5. The average molecular weight is 391 g/mol. The SMILES string of the molecule is O=C(CNC(=O)Nc1ccc(F)cc1Cl)Nc1cc(Cl)ccc1Cl. The standard InChI is InChI=1S/C15H11Cl3FN3O2/c16-8-1-3-10(17)13(5-8)21-14(23)7-20-15(24)22-12-4-2-9(19)6-11(12)18/h1-6H,7H2,(H,21,23)(H2,20,22,24). The van der Waals surface area contributed by atoms with Crippen LogP contribution in [0.1, 0.15) is 0 Å². The molecule has 3 N–H and O–H groups in total. The van der Waals surface area contributed by atoms with Crippen molar-refractivity contribution in [3.05, 3.63) is 57.3 Å². The highest BCUT2D eigenvalue weighted by molar-refractivity contribution is 6.35. The van der Waals surface area contributed by atoms with Gasteiger partial charge < -0.3 is 16.0 Å². The van der Waals surface area contributed by atoms with Gasteiger partial charge in [-0.3, -0.25) is 4.79 Å². The van der Waals surface area contributed by atoms with Crippen LogP contribution >= 0.6 is 34.8 Å². The Kier molecular flexibility index (Phi) is 6.25. The Morgan fingerprint density at radius 1 is 0.917 bits per heavy atom. The van der Waals surface area contributed by atoms with Crippen molar-refractivity contribution in [2.75, 3.05) is 17.2 Å². The third kappa shape index (κ3) is 5.26. The second-order valence-electron chi connectivity index (χ2n) is 4.60. The molecule has 0 bridgehead atoms. The minimum Gasteiger partial charge on any atom is -0.329 e. The summed E-state index contributed by atoms with van der Waals surface area (Å²) < 4.78 is 12.9. The third-order valence-corrected chi connectivity index (χ3v) is 3.67. The van der Waals surface area contributed by atoms with E-state index in [1.165, 1.54) is 18.2 Å². The van der Waals surface area contributed by atoms with Crippen LogP contribution in [-0.4, -0.2) is 18.5 Å². The van der Waals surface area contributed by atoms with Crippen LogP contribution < -0.4 is 16.0 Å². The van der Waals surface area contributed by atoms with Gasteiger partial charge in [0, 0.05) is 5.02 Å². The number of carbonyl (C=O) groups is 2. The highest BCUT2D eigenvalue weighted by Gasteiger charge is 2.10. The van der Waals surface area contributed by atoms with Gasteiger partial charge in [-0.2, -0.15) is 0 Å². The largest absolute Gasteiger partial charge is 0.329 e. The molecule has 0 fully saturated rings. The van der Waals surface area contributed by atoms with Crippen molar-refractivity contribution >= 4 is 58.1 Å². The van der Waals surface area contributed by atoms with Crippen LogP contribution in [0.3, 0.4) is 0 Å². The molecule has 2 aromatic rings. The van der Waals surface area contributed by atoms with E-state index >= 15 is 0 Å². The summed E-state index contributed by atoms with van der Waals surface area (Å²) in [6, 6.07) is 7.45. The molecule has 0 aliphatic carbocycles. The average Bonchev–Trinajstić information content (AvgIpc) is 2.52. The Morgan fingerprint density at radius 3 is 2.38 bits per heavy atom. The van der Waals surface area contributed by atoms with Crippen LogP contribution in [0.4, 0.5) is 20.6 Å². The molecule has 0 aliphatic rings. The fourth-order valence-electron chi connectivity index (χ4n) is 1.71. The van der Waals surface area contributed by atoms with Crippen LogP contribution in [0.2, 0.25) is 15.1 Å². The fraction of sp³-hybridized carbons (Fsp3) is 0.0667. The molecule has 0 aromatic heterocycles. The molecule has 0 aliphatic heterocycles. The van der Waals surface area contributed by atoms with Gasteiger partial charge in [0.15, 0.2) is 0 Å². The Bertz CT molecular complexity index is 787.